The molecule has 0 aromatic carbocycles. The maximum absolute atomic E-state index is 4.11. The van der Waals surface area contributed by atoms with E-state index in [1.165, 1.54) is 0 Å². The highest BCUT2D eigenvalue weighted by Gasteiger charge is 2.17. The smallest absolute Gasteiger partial charge is 0.00828 e. The van der Waals surface area contributed by atoms with Gasteiger partial charge in [0.2, 0.25) is 0 Å². The van der Waals surface area contributed by atoms with Crippen LogP contribution < -0.4 is 0 Å². The van der Waals surface area contributed by atoms with Crippen LogP contribution in [0, 0.1) is 12.3 Å². The molecule has 9 heavy (non-hydrogen) atoms. The van der Waals surface area contributed by atoms with Gasteiger partial charge in [0.15, 0.2) is 0 Å². The van der Waals surface area contributed by atoms with Gasteiger partial charge < -0.3 is 0 Å². The van der Waals surface area contributed by atoms with Gasteiger partial charge in [0.05, 0.1) is 0 Å². The molecule has 1 aliphatic carbocycles. The van der Waals surface area contributed by atoms with Crippen molar-refractivity contribution in [3.05, 3.63) is 31.2 Å². The summed E-state index contributed by atoms with van der Waals surface area (Å²) < 4.78 is 0. The topological polar surface area (TPSA) is 0 Å². The molecule has 0 spiro atoms. The molecule has 0 N–H and O–H groups in total. The number of allylic oxidation sites excluding steroid dienone is 4. The third-order valence-corrected chi connectivity index (χ3v) is 1.93. The zero-order valence-corrected chi connectivity index (χ0v) is 5.93. The highest BCUT2D eigenvalue weighted by Crippen LogP contribution is 2.29. The maximum Gasteiger partial charge on any atom is -0.00828 e. The van der Waals surface area contributed by atoms with Crippen LogP contribution in [0.3, 0.4) is 0 Å². The van der Waals surface area contributed by atoms with Gasteiger partial charge in [-0.3, -0.25) is 0 Å². The van der Waals surface area contributed by atoms with E-state index in [1.807, 2.05) is 0 Å². The van der Waals surface area contributed by atoms with Gasteiger partial charge in [0.1, 0.15) is 0 Å². The molecule has 0 aromatic rings. The summed E-state index contributed by atoms with van der Waals surface area (Å²) in [7, 11) is 0. The van der Waals surface area contributed by atoms with E-state index in [0.717, 1.165) is 12.8 Å². The molecular weight excluding hydrogens is 108 g/mol. The first kappa shape index (κ1) is 6.60. The number of rotatable bonds is 1. The molecule has 1 aliphatic rings. The second-order valence-corrected chi connectivity index (χ2v) is 2.71. The summed E-state index contributed by atoms with van der Waals surface area (Å²) in [6.07, 6.45) is 10.8. The second-order valence-electron chi connectivity index (χ2n) is 2.71. The minimum absolute atomic E-state index is 0.203. The van der Waals surface area contributed by atoms with Crippen molar-refractivity contribution < 1.29 is 0 Å². The van der Waals surface area contributed by atoms with Crippen molar-refractivity contribution in [2.45, 2.75) is 19.8 Å². The van der Waals surface area contributed by atoms with Crippen LogP contribution in [0.25, 0.3) is 0 Å². The lowest BCUT2D eigenvalue weighted by Gasteiger charge is -2.23. The standard InChI is InChI=1S/C9H13/c1-3-9(2)7-5-4-6-8-9/h4-7H,2-3,8H2,1H3/t9-/m1/s1. The van der Waals surface area contributed by atoms with E-state index in [-0.39, 0.29) is 5.41 Å². The van der Waals surface area contributed by atoms with Crippen LogP contribution in [0.2, 0.25) is 0 Å². The maximum atomic E-state index is 4.11. The quantitative estimate of drug-likeness (QED) is 0.500. The van der Waals surface area contributed by atoms with Gasteiger partial charge in [-0.15, -0.1) is 0 Å². The van der Waals surface area contributed by atoms with E-state index in [9.17, 15) is 0 Å². The summed E-state index contributed by atoms with van der Waals surface area (Å²) in [5, 5.41) is 0. The van der Waals surface area contributed by atoms with Crippen LogP contribution in [-0.2, 0) is 0 Å². The first-order valence-corrected chi connectivity index (χ1v) is 3.46. The first-order chi connectivity index (χ1) is 4.27. The van der Waals surface area contributed by atoms with Gasteiger partial charge in [-0.25, -0.2) is 0 Å². The van der Waals surface area contributed by atoms with E-state index in [0.29, 0.717) is 0 Å². The number of hydrogen-bond donors (Lipinski definition) is 0. The van der Waals surface area contributed by atoms with Gasteiger partial charge in [0, 0.05) is 0 Å². The van der Waals surface area contributed by atoms with Crippen LogP contribution >= 0.6 is 0 Å². The van der Waals surface area contributed by atoms with Crippen LogP contribution in [0.5, 0.6) is 0 Å². The molecule has 0 aromatic heterocycles. The van der Waals surface area contributed by atoms with Crippen LogP contribution in [0.15, 0.2) is 24.3 Å². The van der Waals surface area contributed by atoms with Crippen LogP contribution in [-0.4, -0.2) is 0 Å². The van der Waals surface area contributed by atoms with E-state index < -0.39 is 0 Å². The molecule has 0 amide bonds. The monoisotopic (exact) mass is 121 g/mol. The highest BCUT2D eigenvalue weighted by molar-refractivity contribution is 5.17. The summed E-state index contributed by atoms with van der Waals surface area (Å²) in [5.41, 5.74) is 0.203. The minimum atomic E-state index is 0.203. The van der Waals surface area contributed by atoms with Gasteiger partial charge in [-0.05, 0) is 25.2 Å². The van der Waals surface area contributed by atoms with Crippen molar-refractivity contribution in [1.82, 2.24) is 0 Å². The lowest BCUT2D eigenvalue weighted by atomic mass is 9.82. The molecule has 0 unspecified atom stereocenters. The summed E-state index contributed by atoms with van der Waals surface area (Å²) in [4.78, 5) is 0. The molecule has 0 fully saturated rings. The average molecular weight is 121 g/mol. The normalized spacial score (nSPS) is 33.1. The molecule has 0 heterocycles. The minimum Gasteiger partial charge on any atom is -0.0837 e. The van der Waals surface area contributed by atoms with Crippen molar-refractivity contribution in [3.63, 3.8) is 0 Å². The van der Waals surface area contributed by atoms with E-state index in [4.69, 9.17) is 0 Å². The average Bonchev–Trinajstić information content (AvgIpc) is 1.90. The molecule has 49 valence electrons. The fourth-order valence-electron chi connectivity index (χ4n) is 0.971. The predicted octanol–water partition coefficient (Wildman–Crippen LogP) is 2.73. The fourth-order valence-corrected chi connectivity index (χ4v) is 0.971. The molecular formula is C9H13. The van der Waals surface area contributed by atoms with Crippen molar-refractivity contribution in [3.8, 4) is 0 Å². The van der Waals surface area contributed by atoms with Crippen LogP contribution in [0.4, 0.5) is 0 Å². The van der Waals surface area contributed by atoms with Crippen molar-refractivity contribution >= 4 is 0 Å². The SMILES string of the molecule is [CH2][C@@]1(CC)C=CC=CC1. The molecule has 1 radical (unpaired) electrons. The molecule has 0 nitrogen and oxygen atoms in total. The predicted molar refractivity (Wildman–Crippen MR) is 41.0 cm³/mol. The van der Waals surface area contributed by atoms with Crippen molar-refractivity contribution in [2.24, 2.45) is 5.41 Å². The number of hydrogen-bond acceptors (Lipinski definition) is 0. The summed E-state index contributed by atoms with van der Waals surface area (Å²) in [6, 6.07) is 0. The molecule has 0 heteroatoms. The van der Waals surface area contributed by atoms with Crippen molar-refractivity contribution in [1.29, 1.82) is 0 Å². The molecule has 0 bridgehead atoms. The lowest BCUT2D eigenvalue weighted by molar-refractivity contribution is 0.471. The Bertz CT molecular complexity index is 142. The zero-order chi connectivity index (χ0) is 6.74. The Kier molecular flexibility index (Phi) is 1.75. The van der Waals surface area contributed by atoms with Gasteiger partial charge in [0.25, 0.3) is 0 Å². The molecule has 0 saturated carbocycles. The Hall–Kier alpha value is -0.520. The highest BCUT2D eigenvalue weighted by atomic mass is 14.2. The lowest BCUT2D eigenvalue weighted by Crippen LogP contribution is -2.11. The second kappa shape index (κ2) is 2.38. The van der Waals surface area contributed by atoms with E-state index in [1.54, 1.807) is 0 Å². The Balaban J connectivity index is 2.63. The molecule has 1 atom stereocenters. The molecule has 0 aliphatic heterocycles. The Labute approximate surface area is 57.3 Å². The van der Waals surface area contributed by atoms with Gasteiger partial charge in [-0.2, -0.15) is 0 Å². The first-order valence-electron chi connectivity index (χ1n) is 3.46. The van der Waals surface area contributed by atoms with E-state index in [2.05, 4.69) is 38.2 Å². The zero-order valence-electron chi connectivity index (χ0n) is 5.93. The summed E-state index contributed by atoms with van der Waals surface area (Å²) >= 11 is 0. The van der Waals surface area contributed by atoms with Gasteiger partial charge >= 0.3 is 0 Å². The Morgan fingerprint density at radius 2 is 2.33 bits per heavy atom. The summed E-state index contributed by atoms with van der Waals surface area (Å²) in [5.74, 6) is 0. The Morgan fingerprint density at radius 3 is 2.67 bits per heavy atom. The largest absolute Gasteiger partial charge is 0.0837 e. The molecule has 1 rings (SSSR count). The third-order valence-electron chi connectivity index (χ3n) is 1.93. The van der Waals surface area contributed by atoms with Crippen LogP contribution in [0.1, 0.15) is 19.8 Å². The Morgan fingerprint density at radius 1 is 1.56 bits per heavy atom. The summed E-state index contributed by atoms with van der Waals surface area (Å²) in [6.45, 7) is 6.29. The van der Waals surface area contributed by atoms with Gasteiger partial charge in [-0.1, -0.05) is 31.2 Å². The molecule has 0 saturated heterocycles. The van der Waals surface area contributed by atoms with E-state index >= 15 is 0 Å². The van der Waals surface area contributed by atoms with Crippen molar-refractivity contribution in [2.75, 3.05) is 0 Å². The third kappa shape index (κ3) is 1.44. The fraction of sp³-hybridized carbons (Fsp3) is 0.444.